The molecule has 0 unspecified atom stereocenters. The molecule has 0 aliphatic carbocycles. The summed E-state index contributed by atoms with van der Waals surface area (Å²) >= 11 is 5.34. The molecule has 3 rings (SSSR count). The van der Waals surface area contributed by atoms with E-state index >= 15 is 0 Å². The Morgan fingerprint density at radius 3 is 2.69 bits per heavy atom. The zero-order chi connectivity index (χ0) is 18.5. The number of likely N-dealkylation sites (N-methyl/N-ethyl adjacent to an activating group) is 1. The number of benzene rings is 2. The fourth-order valence-electron chi connectivity index (χ4n) is 2.66. The normalized spacial score (nSPS) is 10.5. The molecule has 134 valence electrons. The van der Waals surface area contributed by atoms with Gasteiger partial charge in [-0.2, -0.15) is 0 Å². The highest BCUT2D eigenvalue weighted by Gasteiger charge is 2.18. The minimum absolute atomic E-state index is 0.117. The summed E-state index contributed by atoms with van der Waals surface area (Å²) in [5, 5.41) is 0. The molecule has 0 bridgehead atoms. The van der Waals surface area contributed by atoms with Crippen LogP contribution in [0.4, 0.5) is 0 Å². The van der Waals surface area contributed by atoms with Gasteiger partial charge in [0.1, 0.15) is 18.1 Å². The van der Waals surface area contributed by atoms with Crippen LogP contribution in [-0.2, 0) is 0 Å². The van der Waals surface area contributed by atoms with Gasteiger partial charge in [0.05, 0.1) is 6.54 Å². The first kappa shape index (κ1) is 17.9. The Morgan fingerprint density at radius 2 is 1.96 bits per heavy atom. The Hall–Kier alpha value is -2.86. The van der Waals surface area contributed by atoms with E-state index in [1.807, 2.05) is 61.5 Å². The molecule has 1 N–H and O–H groups in total. The van der Waals surface area contributed by atoms with Crippen LogP contribution in [0.1, 0.15) is 16.1 Å². The van der Waals surface area contributed by atoms with Crippen LogP contribution in [0.2, 0.25) is 0 Å². The van der Waals surface area contributed by atoms with Gasteiger partial charge < -0.3 is 14.6 Å². The molecular weight excluding hydrogens is 346 g/mol. The molecule has 0 fully saturated rings. The summed E-state index contributed by atoms with van der Waals surface area (Å²) in [7, 11) is 1.76. The summed E-state index contributed by atoms with van der Waals surface area (Å²) in [5.74, 6) is 0.689. The number of amides is 1. The molecule has 0 aliphatic rings. The summed E-state index contributed by atoms with van der Waals surface area (Å²) in [6.07, 6.45) is 1.65. The number of carbonyl (C=O) groups excluding carboxylic acids is 1. The summed E-state index contributed by atoms with van der Waals surface area (Å²) < 4.78 is 7.97. The molecule has 0 atom stereocenters. The van der Waals surface area contributed by atoms with E-state index in [1.54, 1.807) is 22.7 Å². The number of rotatable bonds is 6. The van der Waals surface area contributed by atoms with Gasteiger partial charge in [-0.1, -0.05) is 30.3 Å². The maximum atomic E-state index is 12.8. The quantitative estimate of drug-likeness (QED) is 0.670. The van der Waals surface area contributed by atoms with Gasteiger partial charge in [-0.3, -0.25) is 9.36 Å². The van der Waals surface area contributed by atoms with Crippen molar-refractivity contribution in [3.63, 3.8) is 0 Å². The van der Waals surface area contributed by atoms with Crippen LogP contribution < -0.4 is 4.74 Å². The van der Waals surface area contributed by atoms with E-state index in [4.69, 9.17) is 17.0 Å². The van der Waals surface area contributed by atoms with Gasteiger partial charge in [-0.25, -0.2) is 0 Å². The summed E-state index contributed by atoms with van der Waals surface area (Å²) in [5.41, 5.74) is 2.49. The average molecular weight is 367 g/mol. The first-order chi connectivity index (χ1) is 12.6. The molecular formula is C20H21N3O2S. The summed E-state index contributed by atoms with van der Waals surface area (Å²) in [4.78, 5) is 17.4. The van der Waals surface area contributed by atoms with E-state index in [1.165, 1.54) is 0 Å². The zero-order valence-corrected chi connectivity index (χ0v) is 15.6. The largest absolute Gasteiger partial charge is 0.492 e. The van der Waals surface area contributed by atoms with Crippen molar-refractivity contribution in [1.29, 1.82) is 0 Å². The molecule has 0 spiro atoms. The van der Waals surface area contributed by atoms with Crippen molar-refractivity contribution < 1.29 is 9.53 Å². The highest BCUT2D eigenvalue weighted by molar-refractivity contribution is 7.71. The summed E-state index contributed by atoms with van der Waals surface area (Å²) in [6.45, 7) is 2.91. The molecule has 1 heterocycles. The number of nitrogens with one attached hydrogen (secondary N) is 1. The van der Waals surface area contributed by atoms with Gasteiger partial charge in [0.2, 0.25) is 0 Å². The number of carbonyl (C=O) groups is 1. The molecule has 0 saturated carbocycles. The molecule has 0 radical (unpaired) electrons. The van der Waals surface area contributed by atoms with Crippen molar-refractivity contribution in [2.75, 3.05) is 20.2 Å². The van der Waals surface area contributed by atoms with Gasteiger partial charge in [0.15, 0.2) is 4.77 Å². The van der Waals surface area contributed by atoms with Crippen LogP contribution in [0.25, 0.3) is 5.69 Å². The smallest absolute Gasteiger partial charge is 0.272 e. The number of aryl methyl sites for hydroxylation is 1. The number of imidazole rings is 1. The lowest BCUT2D eigenvalue weighted by Gasteiger charge is -2.18. The van der Waals surface area contributed by atoms with Gasteiger partial charge in [-0.05, 0) is 49.0 Å². The minimum atomic E-state index is -0.117. The first-order valence-corrected chi connectivity index (χ1v) is 8.78. The van der Waals surface area contributed by atoms with Gasteiger partial charge in [-0.15, -0.1) is 0 Å². The van der Waals surface area contributed by atoms with Crippen LogP contribution in [0.5, 0.6) is 5.75 Å². The number of hydrogen-bond acceptors (Lipinski definition) is 3. The van der Waals surface area contributed by atoms with Crippen LogP contribution >= 0.6 is 12.2 Å². The third kappa shape index (κ3) is 4.03. The van der Waals surface area contributed by atoms with Crippen molar-refractivity contribution in [1.82, 2.24) is 14.5 Å². The molecule has 0 aliphatic heterocycles. The van der Waals surface area contributed by atoms with Crippen LogP contribution in [0.3, 0.4) is 0 Å². The maximum absolute atomic E-state index is 12.8. The van der Waals surface area contributed by atoms with E-state index in [9.17, 15) is 4.79 Å². The van der Waals surface area contributed by atoms with Crippen LogP contribution in [-0.4, -0.2) is 40.6 Å². The molecule has 2 aromatic carbocycles. The molecule has 0 saturated heterocycles. The number of para-hydroxylation sites is 1. The van der Waals surface area contributed by atoms with E-state index < -0.39 is 0 Å². The second-order valence-corrected chi connectivity index (χ2v) is 6.43. The third-order valence-electron chi connectivity index (χ3n) is 4.04. The van der Waals surface area contributed by atoms with Crippen molar-refractivity contribution in [3.05, 3.63) is 76.8 Å². The predicted octanol–water partition coefficient (Wildman–Crippen LogP) is 3.99. The highest BCUT2D eigenvalue weighted by atomic mass is 32.1. The maximum Gasteiger partial charge on any atom is 0.272 e. The van der Waals surface area contributed by atoms with Crippen LogP contribution in [0.15, 0.2) is 60.8 Å². The number of hydrogen-bond donors (Lipinski definition) is 1. The van der Waals surface area contributed by atoms with Crippen molar-refractivity contribution in [3.8, 4) is 11.4 Å². The first-order valence-electron chi connectivity index (χ1n) is 8.37. The molecule has 5 nitrogen and oxygen atoms in total. The SMILES string of the molecule is Cc1cccc(OCCN(C)C(=O)c2c[nH]c(=S)n2-c2ccccc2)c1. The van der Waals surface area contributed by atoms with E-state index in [0.717, 1.165) is 17.0 Å². The van der Waals surface area contributed by atoms with E-state index in [0.29, 0.717) is 23.6 Å². The Balaban J connectivity index is 1.69. The van der Waals surface area contributed by atoms with E-state index in [2.05, 4.69) is 4.98 Å². The monoisotopic (exact) mass is 367 g/mol. The highest BCUT2D eigenvalue weighted by Crippen LogP contribution is 2.15. The second-order valence-electron chi connectivity index (χ2n) is 6.04. The van der Waals surface area contributed by atoms with Gasteiger partial charge in [0.25, 0.3) is 5.91 Å². The number of nitrogens with zero attached hydrogens (tertiary/aromatic N) is 2. The lowest BCUT2D eigenvalue weighted by Crippen LogP contribution is -2.32. The van der Waals surface area contributed by atoms with Crippen molar-refractivity contribution >= 4 is 18.1 Å². The average Bonchev–Trinajstić information content (AvgIpc) is 3.03. The lowest BCUT2D eigenvalue weighted by atomic mass is 10.2. The fraction of sp³-hybridized carbons (Fsp3) is 0.200. The molecule has 6 heteroatoms. The van der Waals surface area contributed by atoms with Crippen molar-refractivity contribution in [2.45, 2.75) is 6.92 Å². The topological polar surface area (TPSA) is 50.3 Å². The summed E-state index contributed by atoms with van der Waals surface area (Å²) in [6, 6.07) is 17.4. The minimum Gasteiger partial charge on any atom is -0.492 e. The second kappa shape index (κ2) is 8.01. The zero-order valence-electron chi connectivity index (χ0n) is 14.8. The standard InChI is InChI=1S/C20H21N3O2S/c1-15-7-6-10-17(13-15)25-12-11-22(2)19(24)18-14-21-20(26)23(18)16-8-4-3-5-9-16/h3-10,13-14H,11-12H2,1-2H3,(H,21,26). The Kier molecular flexibility index (Phi) is 5.53. The molecule has 26 heavy (non-hydrogen) atoms. The Bertz CT molecular complexity index is 947. The fourth-order valence-corrected chi connectivity index (χ4v) is 2.92. The van der Waals surface area contributed by atoms with Gasteiger partial charge >= 0.3 is 0 Å². The Morgan fingerprint density at radius 1 is 1.19 bits per heavy atom. The predicted molar refractivity (Wildman–Crippen MR) is 105 cm³/mol. The lowest BCUT2D eigenvalue weighted by molar-refractivity contribution is 0.0765. The molecule has 1 aromatic heterocycles. The van der Waals surface area contributed by atoms with Crippen molar-refractivity contribution in [2.24, 2.45) is 0 Å². The number of aromatic nitrogens is 2. The number of ether oxygens (including phenoxy) is 1. The third-order valence-corrected chi connectivity index (χ3v) is 4.34. The van der Waals surface area contributed by atoms with Gasteiger partial charge in [0, 0.05) is 18.9 Å². The van der Waals surface area contributed by atoms with E-state index in [-0.39, 0.29) is 5.91 Å². The molecule has 3 aromatic rings. The van der Waals surface area contributed by atoms with Crippen LogP contribution in [0, 0.1) is 11.7 Å². The molecule has 1 amide bonds. The number of aromatic amines is 1. The Labute approximate surface area is 157 Å². The number of H-pyrrole nitrogens is 1.